The van der Waals surface area contributed by atoms with E-state index in [1.165, 1.54) is 41.5 Å². The van der Waals surface area contributed by atoms with Gasteiger partial charge < -0.3 is 129 Å². The van der Waals surface area contributed by atoms with E-state index in [0.717, 1.165) is 53.3 Å². The van der Waals surface area contributed by atoms with Crippen molar-refractivity contribution in [1.82, 2.24) is 79.4 Å². The Hall–Kier alpha value is -12.2. The minimum Gasteiger partial charge on any atom is -0.492 e. The number of nitrogens with one attached hydrogen (secondary N) is 15. The Labute approximate surface area is 748 Å². The highest BCUT2D eigenvalue weighted by atomic mass is 33.1. The number of hydrogen-bond donors (Lipinski definition) is 23. The van der Waals surface area contributed by atoms with Gasteiger partial charge in [-0.2, -0.15) is 0 Å². The topological polar surface area (TPSA) is 680 Å². The van der Waals surface area contributed by atoms with Crippen LogP contribution in [-0.2, 0) is 96.0 Å². The largest absolute Gasteiger partial charge is 0.492 e. The lowest BCUT2D eigenvalue weighted by Gasteiger charge is -2.39. The number of H-pyrrole nitrogens is 1. The Morgan fingerprint density at radius 1 is 0.578 bits per heavy atom. The van der Waals surface area contributed by atoms with Crippen molar-refractivity contribution >= 4 is 144 Å². The molecule has 1 saturated heterocycles. The van der Waals surface area contributed by atoms with Crippen LogP contribution in [0.2, 0.25) is 0 Å². The smallest absolute Gasteiger partial charge is 0.312 e. The average molecular weight is 1820 g/mol. The van der Waals surface area contributed by atoms with E-state index in [4.69, 9.17) is 39.1 Å². The summed E-state index contributed by atoms with van der Waals surface area (Å²) in [5, 5.41) is 60.1. The number of hydrogen-bond acceptors (Lipinski definition) is 24. The predicted molar refractivity (Wildman–Crippen MR) is 478 cm³/mol. The van der Waals surface area contributed by atoms with E-state index >= 15 is 28.8 Å². The van der Waals surface area contributed by atoms with E-state index in [-0.39, 0.29) is 103 Å². The predicted octanol–water partition coefficient (Wildman–Crippen LogP) is -2.94. The molecule has 2 unspecified atom stereocenters. The molecule has 128 heavy (non-hydrogen) atoms. The molecule has 1 fully saturated rings. The number of benzene rings is 4. The van der Waals surface area contributed by atoms with Crippen LogP contribution < -0.4 is 114 Å². The molecule has 0 spiro atoms. The van der Waals surface area contributed by atoms with Gasteiger partial charge in [0.05, 0.1) is 25.0 Å². The summed E-state index contributed by atoms with van der Waals surface area (Å²) in [5.74, 6) is -16.3. The van der Waals surface area contributed by atoms with E-state index in [1.54, 1.807) is 72.9 Å². The Balaban J connectivity index is 1.54. The molecule has 2 heterocycles. The van der Waals surface area contributed by atoms with E-state index < -0.39 is 208 Å². The van der Waals surface area contributed by atoms with Crippen LogP contribution in [-0.4, -0.2) is 242 Å². The lowest BCUT2D eigenvalue weighted by molar-refractivity contribution is -0.138. The van der Waals surface area contributed by atoms with Gasteiger partial charge >= 0.3 is 6.03 Å². The van der Waals surface area contributed by atoms with Crippen molar-refractivity contribution in [2.24, 2.45) is 34.4 Å². The van der Waals surface area contributed by atoms with Gasteiger partial charge in [0.2, 0.25) is 94.5 Å². The number of primary amides is 4. The van der Waals surface area contributed by atoms with Gasteiger partial charge in [-0.15, -0.1) is 0 Å². The van der Waals surface area contributed by atoms with Gasteiger partial charge in [0.25, 0.3) is 0 Å². The maximum absolute atomic E-state index is 16.3. The van der Waals surface area contributed by atoms with Crippen LogP contribution in [0, 0.1) is 6.92 Å². The van der Waals surface area contributed by atoms with Gasteiger partial charge in [-0.1, -0.05) is 94.4 Å². The quantitative estimate of drug-likeness (QED) is 0.0137. The second-order valence-corrected chi connectivity index (χ2v) is 36.3. The van der Waals surface area contributed by atoms with Crippen LogP contribution in [0.3, 0.4) is 0 Å². The summed E-state index contributed by atoms with van der Waals surface area (Å²) in [5.41, 5.74) is 34.5. The third kappa shape index (κ3) is 32.3. The first-order valence-electron chi connectivity index (χ1n) is 41.9. The molecule has 0 bridgehead atoms. The van der Waals surface area contributed by atoms with Crippen molar-refractivity contribution in [3.05, 3.63) is 113 Å². The van der Waals surface area contributed by atoms with Gasteiger partial charge in [-0.25, -0.2) is 4.79 Å². The highest BCUT2D eigenvalue weighted by Crippen LogP contribution is 2.47. The van der Waals surface area contributed by atoms with E-state index in [2.05, 4.69) is 79.4 Å². The number of aryl methyl sites for hydroxylation is 1. The number of urea groups is 1. The fourth-order valence-electron chi connectivity index (χ4n) is 14.1. The molecule has 700 valence electrons. The van der Waals surface area contributed by atoms with Gasteiger partial charge in [-0.05, 0) is 158 Å². The number of unbranched alkanes of at least 4 members (excludes halogenated alkanes) is 2. The van der Waals surface area contributed by atoms with Crippen molar-refractivity contribution < 1.29 is 96.5 Å². The fourth-order valence-corrected chi connectivity index (χ4v) is 16.9. The van der Waals surface area contributed by atoms with E-state index in [1.807, 2.05) is 25.1 Å². The Morgan fingerprint density at radius 3 is 1.80 bits per heavy atom. The highest BCUT2D eigenvalue weighted by Gasteiger charge is 2.47. The molecule has 29 N–H and O–H groups in total. The SMILES string of the molecule is CC(=O)NCCCC[C@H](NC(=O)C(C)(CCCCN)NC(=O)[C@H](Cc1ccc2ccccc2c1)NC(=O)[C@H](Cc1ccc(OCCN)cc1)NC(=O)[C@H]1NC(=O)[C@H](CCCNC(N)=O)NC(=O)[C@H](Cc2c[nH]c3c(C)cccc23)NC(=O)[C@H]([C@@H](C)O)NC(=O)[C@H](CC(N)=O)NC(=O)[C@@H](NC(C)=O)C(C)(C)SSC1(C)C)C(=O)N[C@@H](CC(N)=O)C(=O)NC(C(N)=O)[C@H](C)O. The first-order valence-corrected chi connectivity index (χ1v) is 44.1. The molecule has 6 rings (SSSR count). The van der Waals surface area contributed by atoms with Crippen molar-refractivity contribution in [2.75, 3.05) is 32.8 Å². The number of para-hydroxylation sites is 1. The van der Waals surface area contributed by atoms with Gasteiger partial charge in [-0.3, -0.25) is 76.7 Å². The van der Waals surface area contributed by atoms with Crippen LogP contribution in [0.15, 0.2) is 91.1 Å². The Bertz CT molecular complexity index is 4800. The van der Waals surface area contributed by atoms with Crippen LogP contribution in [0.1, 0.15) is 149 Å². The molecule has 0 radical (unpaired) electrons. The zero-order valence-corrected chi connectivity index (χ0v) is 75.1. The first kappa shape index (κ1) is 105. The zero-order valence-electron chi connectivity index (χ0n) is 73.4. The number of aromatic amines is 1. The molecule has 5 aromatic rings. The summed E-state index contributed by atoms with van der Waals surface area (Å²) in [6, 6.07) is 3.64. The van der Waals surface area contributed by atoms with Crippen molar-refractivity contribution in [3.8, 4) is 5.75 Å². The normalized spacial score (nSPS) is 19.6. The van der Waals surface area contributed by atoms with Gasteiger partial charge in [0.15, 0.2) is 0 Å². The molecule has 43 heteroatoms. The molecule has 0 saturated carbocycles. The zero-order chi connectivity index (χ0) is 95.1. The molecule has 0 aliphatic carbocycles. The third-order valence-electron chi connectivity index (χ3n) is 21.1. The average Bonchev–Trinajstić information content (AvgIpc) is 1.61. The first-order chi connectivity index (χ1) is 60.3. The number of carbonyl (C=O) groups is 17. The molecular weight excluding hydrogens is 1700 g/mol. The van der Waals surface area contributed by atoms with E-state index in [0.29, 0.717) is 38.7 Å². The van der Waals surface area contributed by atoms with Gasteiger partial charge in [0, 0.05) is 79.3 Å². The third-order valence-corrected chi connectivity index (χ3v) is 25.4. The molecule has 1 aromatic heterocycles. The minimum atomic E-state index is -2.06. The van der Waals surface area contributed by atoms with Crippen LogP contribution in [0.5, 0.6) is 5.75 Å². The number of nitrogens with two attached hydrogens (primary N) is 6. The summed E-state index contributed by atoms with van der Waals surface area (Å²) in [4.78, 5) is 245. The van der Waals surface area contributed by atoms with Crippen LogP contribution in [0.25, 0.3) is 21.7 Å². The minimum absolute atomic E-state index is 0.101. The second kappa shape index (κ2) is 49.2. The summed E-state index contributed by atoms with van der Waals surface area (Å²) >= 11 is 0. The standard InChI is InChI=1S/C85H123N21O20S2/c1-44-19-17-22-55-53(43-94-65(44)55)40-60-74(117)96-56(24-18-35-93-82(91)125)72(115)105-69(84(8,9)128-127-83(6,7)68(95-48(5)110)79(122)101-62(42-64(89)112)76(119)104-67(46(3)108)78(121)99-60)80(123)100-58(38-49-26-29-54(30-27-49)126-36-33-87)73(116)97-59(39-50-25-28-51-20-11-12-21-52(51)37-50)77(120)106-85(10,31-14-15-32-86)81(124)102-57(23-13-16-34-92-47(4)109)71(114)98-61(41-63(88)111)75(118)103-66(45(2)107)70(90)113/h11-12,17,19-22,25-30,37,43,45-46,56-62,66-69,94,107-108H,13-16,18,23-24,31-36,38-42,86-87H2,1-10H3,(H2,88,111)(H2,89,112)(H2,90,113)(H,92,109)(H,95,110)(H,96,117)(H,97,116)(H,98,114)(H,99,121)(H,100,123)(H,101,122)(H,102,124)(H,103,118)(H,104,119)(H,105,115)(H,106,120)(H3,91,93,125)/t45-,46+,56-,57-,58-,59-,60-,61-,62-,66?,67-,68+,69+,85?/m0/s1. The monoisotopic (exact) mass is 1820 g/mol. The number of rotatable bonds is 42. The number of ether oxygens (including phenoxy) is 1. The van der Waals surface area contributed by atoms with Crippen molar-refractivity contribution in [2.45, 2.75) is 246 Å². The Morgan fingerprint density at radius 2 is 1.18 bits per heavy atom. The number of aromatic nitrogens is 1. The number of aliphatic hydroxyl groups excluding tert-OH is 2. The number of carbonyl (C=O) groups excluding carboxylic acids is 17. The lowest BCUT2D eigenvalue weighted by Crippen LogP contribution is -2.65. The van der Waals surface area contributed by atoms with Crippen LogP contribution in [0.4, 0.5) is 4.79 Å². The maximum Gasteiger partial charge on any atom is 0.312 e. The highest BCUT2D eigenvalue weighted by molar-refractivity contribution is 8.77. The van der Waals surface area contributed by atoms with Crippen molar-refractivity contribution in [1.29, 1.82) is 0 Å². The molecule has 4 aromatic carbocycles. The molecule has 41 nitrogen and oxygen atoms in total. The van der Waals surface area contributed by atoms with Gasteiger partial charge in [0.1, 0.15) is 84.4 Å². The number of fused-ring (bicyclic) bond motifs is 2. The molecule has 18 amide bonds. The van der Waals surface area contributed by atoms with Crippen LogP contribution >= 0.6 is 21.6 Å². The summed E-state index contributed by atoms with van der Waals surface area (Å²) in [6.07, 6.45) is -4.68. The van der Waals surface area contributed by atoms with E-state index in [9.17, 15) is 63.0 Å². The second-order valence-electron chi connectivity index (χ2n) is 32.9. The number of aliphatic hydroxyl groups is 2. The molecule has 1 aliphatic rings. The fraction of sp³-hybridized carbons (Fsp3) is 0.518. The number of amides is 18. The lowest BCUT2D eigenvalue weighted by atomic mass is 9.91. The summed E-state index contributed by atoms with van der Waals surface area (Å²) < 4.78 is 2.50. The maximum atomic E-state index is 16.3. The molecular formula is C85H123N21O20S2. The summed E-state index contributed by atoms with van der Waals surface area (Å²) in [6.45, 7) is 14.1. The Kier molecular flexibility index (Phi) is 40.2. The molecule has 1 aliphatic heterocycles. The summed E-state index contributed by atoms with van der Waals surface area (Å²) in [7, 11) is 1.76. The van der Waals surface area contributed by atoms with Crippen molar-refractivity contribution in [3.63, 3.8) is 0 Å². The molecule has 14 atom stereocenters.